The Morgan fingerprint density at radius 1 is 0.508 bits per heavy atom. The van der Waals surface area contributed by atoms with Gasteiger partial charge in [-0.25, -0.2) is 4.98 Å². The van der Waals surface area contributed by atoms with E-state index in [1.165, 1.54) is 22.3 Å². The van der Waals surface area contributed by atoms with Crippen molar-refractivity contribution in [1.29, 1.82) is 0 Å². The van der Waals surface area contributed by atoms with E-state index >= 15 is 0 Å². The second-order valence-corrected chi connectivity index (χ2v) is 20.3. The van der Waals surface area contributed by atoms with Gasteiger partial charge in [-0.3, -0.25) is 4.98 Å². The van der Waals surface area contributed by atoms with E-state index in [0.29, 0.717) is 5.75 Å². The molecule has 0 radical (unpaired) electrons. The summed E-state index contributed by atoms with van der Waals surface area (Å²) in [7, 11) is 0. The molecule has 0 aliphatic carbocycles. The Labute approximate surface area is 381 Å². The van der Waals surface area contributed by atoms with Gasteiger partial charge in [0.25, 0.3) is 0 Å². The predicted octanol–water partition coefficient (Wildman–Crippen LogP) is 15.1. The minimum atomic E-state index is -0.317. The number of pyridine rings is 1. The first kappa shape index (κ1) is 43.9. The van der Waals surface area contributed by atoms with E-state index in [1.807, 2.05) is 6.20 Å². The molecule has 0 unspecified atom stereocenters. The maximum Gasteiger partial charge on any atom is 0.129 e. The van der Waals surface area contributed by atoms with Crippen LogP contribution in [0.3, 0.4) is 0 Å². The first-order valence-corrected chi connectivity index (χ1v) is 21.8. The maximum atomic E-state index is 11.8. The van der Waals surface area contributed by atoms with Crippen molar-refractivity contribution in [3.05, 3.63) is 185 Å². The molecule has 1 N–H and O–H groups in total. The molecule has 6 aromatic carbocycles. The van der Waals surface area contributed by atoms with Crippen molar-refractivity contribution in [3.63, 3.8) is 0 Å². The molecule has 0 atom stereocenters. The number of hydrogen-bond donors (Lipinski definition) is 1. The molecule has 0 spiro atoms. The average molecular weight is 999 g/mol. The number of para-hydroxylation sites is 1. The summed E-state index contributed by atoms with van der Waals surface area (Å²) in [5.41, 5.74) is 13.9. The summed E-state index contributed by atoms with van der Waals surface area (Å²) >= 11 is 1.62. The van der Waals surface area contributed by atoms with Crippen molar-refractivity contribution in [2.24, 2.45) is 0 Å². The minimum Gasteiger partial charge on any atom is -0.507 e. The van der Waals surface area contributed by atoms with E-state index in [2.05, 4.69) is 215 Å². The molecule has 61 heavy (non-hydrogen) atoms. The number of hydrogen-bond acceptors (Lipinski definition) is 4. The number of fused-ring (bicyclic) bond motifs is 1. The van der Waals surface area contributed by atoms with Gasteiger partial charge in [0.15, 0.2) is 0 Å². The van der Waals surface area contributed by atoms with Gasteiger partial charge in [0.1, 0.15) is 10.8 Å². The van der Waals surface area contributed by atoms with Crippen LogP contribution in [-0.2, 0) is 42.7 Å². The molecule has 2 heterocycles. The topological polar surface area (TPSA) is 46.0 Å². The quantitative estimate of drug-likeness (QED) is 0.154. The fourth-order valence-electron chi connectivity index (χ4n) is 8.18. The molecule has 2 aromatic heterocycles. The van der Waals surface area contributed by atoms with Crippen molar-refractivity contribution in [1.82, 2.24) is 9.97 Å². The largest absolute Gasteiger partial charge is 0.507 e. The summed E-state index contributed by atoms with van der Waals surface area (Å²) in [6, 6.07) is 53.7. The zero-order valence-electron chi connectivity index (χ0n) is 36.9. The Morgan fingerprint density at radius 2 is 1.10 bits per heavy atom. The van der Waals surface area contributed by atoms with Gasteiger partial charge in [0.05, 0.1) is 11.1 Å². The van der Waals surface area contributed by atoms with Crippen LogP contribution in [0, 0.1) is 6.07 Å². The molecule has 0 aliphatic rings. The number of phenols is 1. The van der Waals surface area contributed by atoms with Crippen LogP contribution in [0.1, 0.15) is 103 Å². The second-order valence-electron chi connectivity index (χ2n) is 19.3. The zero-order valence-corrected chi connectivity index (χ0v) is 40.0. The van der Waals surface area contributed by atoms with E-state index in [9.17, 15) is 5.11 Å². The van der Waals surface area contributed by atoms with Crippen LogP contribution in [0.5, 0.6) is 5.75 Å². The van der Waals surface area contributed by atoms with Crippen molar-refractivity contribution in [2.75, 3.05) is 0 Å². The molecule has 312 valence electrons. The van der Waals surface area contributed by atoms with Gasteiger partial charge in [-0.1, -0.05) is 190 Å². The van der Waals surface area contributed by atoms with Gasteiger partial charge >= 0.3 is 0 Å². The van der Waals surface area contributed by atoms with E-state index in [1.54, 1.807) is 11.3 Å². The van der Waals surface area contributed by atoms with Crippen molar-refractivity contribution in [2.45, 2.75) is 90.9 Å². The molecule has 0 saturated heterocycles. The first-order chi connectivity index (χ1) is 28.4. The maximum absolute atomic E-state index is 11.8. The molecular weight excluding hydrogens is 944 g/mol. The molecule has 8 rings (SSSR count). The third-order valence-corrected chi connectivity index (χ3v) is 13.3. The van der Waals surface area contributed by atoms with Crippen LogP contribution in [0.15, 0.2) is 146 Å². The Morgan fingerprint density at radius 3 is 1.70 bits per heavy atom. The number of thiazole rings is 1. The first-order valence-electron chi connectivity index (χ1n) is 21.0. The summed E-state index contributed by atoms with van der Waals surface area (Å²) in [6.45, 7) is 22.2. The van der Waals surface area contributed by atoms with Gasteiger partial charge in [-0.05, 0) is 62.4 Å². The number of phenolic OH excluding ortho intramolecular Hbond substituents is 1. The normalized spacial score (nSPS) is 12.4. The van der Waals surface area contributed by atoms with E-state index in [0.717, 1.165) is 65.4 Å². The molecule has 3 nitrogen and oxygen atoms in total. The number of nitrogens with zero attached hydrogens (tertiary/aromatic N) is 2. The van der Waals surface area contributed by atoms with Crippen LogP contribution in [0.4, 0.5) is 0 Å². The Balaban J connectivity index is 0.00000561. The summed E-state index contributed by atoms with van der Waals surface area (Å²) in [6.07, 6.45) is 1.91. The molecule has 0 saturated carbocycles. The van der Waals surface area contributed by atoms with E-state index in [-0.39, 0.29) is 42.7 Å². The second kappa shape index (κ2) is 16.6. The van der Waals surface area contributed by atoms with E-state index in [4.69, 9.17) is 9.97 Å². The van der Waals surface area contributed by atoms with E-state index < -0.39 is 0 Å². The molecule has 5 heteroatoms. The van der Waals surface area contributed by atoms with Crippen molar-refractivity contribution in [3.8, 4) is 49.8 Å². The summed E-state index contributed by atoms with van der Waals surface area (Å²) in [5, 5.41) is 12.6. The number of aromatic nitrogens is 2. The summed E-state index contributed by atoms with van der Waals surface area (Å²) < 4.78 is 1.06. The van der Waals surface area contributed by atoms with Crippen molar-refractivity contribution < 1.29 is 26.2 Å². The summed E-state index contributed by atoms with van der Waals surface area (Å²) in [4.78, 5) is 10.3. The van der Waals surface area contributed by atoms with Gasteiger partial charge in [0.2, 0.25) is 0 Å². The summed E-state index contributed by atoms with van der Waals surface area (Å²) in [5.74, 6) is 0.303. The van der Waals surface area contributed by atoms with Crippen molar-refractivity contribution >= 4 is 21.6 Å². The van der Waals surface area contributed by atoms with Crippen LogP contribution >= 0.6 is 11.3 Å². The van der Waals surface area contributed by atoms with Crippen LogP contribution in [-0.4, -0.2) is 15.1 Å². The molecule has 0 bridgehead atoms. The molecular formula is C56H55N2OPtS-. The van der Waals surface area contributed by atoms with Crippen LogP contribution in [0.25, 0.3) is 54.3 Å². The number of aromatic hydroxyl groups is 1. The van der Waals surface area contributed by atoms with Crippen LogP contribution in [0.2, 0.25) is 0 Å². The number of rotatable bonds is 8. The fraction of sp³-hybridized carbons (Fsp3) is 0.250. The standard InChI is InChI=1S/C56H55N2OS.Pt/c1-53(2,3)43-34-46(51(59)47(35-43)54(4,5)6)52-58-50-45(22-17-23-49(50)60-52)38-30-39(32-44(31-38)56(9,10)41-20-15-12-16-21-41)48-33-37(28-29-57-48)36-24-26-42(27-25-36)55(7,8)40-18-13-11-14-19-40;/h11-29,31-35,59H,1-10H3;/q-1;. The minimum absolute atomic E-state index is 0. The van der Waals surface area contributed by atoms with Gasteiger partial charge in [-0.15, -0.1) is 40.7 Å². The molecule has 0 amide bonds. The van der Waals surface area contributed by atoms with Gasteiger partial charge in [-0.2, -0.15) is 0 Å². The zero-order chi connectivity index (χ0) is 42.6. The Bertz CT molecular complexity index is 2820. The number of benzene rings is 6. The third-order valence-electron chi connectivity index (χ3n) is 12.3. The third kappa shape index (κ3) is 8.68. The fourth-order valence-corrected chi connectivity index (χ4v) is 9.19. The van der Waals surface area contributed by atoms with Crippen LogP contribution < -0.4 is 0 Å². The van der Waals surface area contributed by atoms with Gasteiger partial charge < -0.3 is 5.11 Å². The molecule has 8 aromatic rings. The SMILES string of the molecule is CC(C)(C)c1cc(-c2nc3c(-c4[c-]c(-c5cc(-c6ccc(C(C)(C)c7ccccc7)cc6)ccn5)cc(C(C)(C)c5ccccc5)c4)cccc3s2)c(O)c(C(C)(C)C)c1.[Pt]. The molecule has 0 fully saturated rings. The Kier molecular flexibility index (Phi) is 12.0. The van der Waals surface area contributed by atoms with Gasteiger partial charge in [0, 0.05) is 54.0 Å². The monoisotopic (exact) mass is 998 g/mol. The smallest absolute Gasteiger partial charge is 0.129 e. The molecule has 0 aliphatic heterocycles. The predicted molar refractivity (Wildman–Crippen MR) is 254 cm³/mol. The average Bonchev–Trinajstić information content (AvgIpc) is 3.68. The Hall–Kier alpha value is -5.15.